The molecule has 0 aliphatic rings. The normalized spacial score (nSPS) is 11.8. The third-order valence-corrected chi connectivity index (χ3v) is 3.61. The zero-order valence-electron chi connectivity index (χ0n) is 13.0. The molecule has 1 N–H and O–H groups in total. The summed E-state index contributed by atoms with van der Waals surface area (Å²) in [5, 5.41) is 3.01. The highest BCUT2D eigenvalue weighted by atomic mass is 16.5. The molecular formula is C16H22N4O. The molecule has 1 aromatic heterocycles. The zero-order valence-corrected chi connectivity index (χ0v) is 13.0. The van der Waals surface area contributed by atoms with Gasteiger partial charge >= 0.3 is 0 Å². The Kier molecular flexibility index (Phi) is 4.98. The molecule has 1 unspecified atom stereocenters. The Bertz CT molecular complexity index is 588. The molecule has 1 aromatic carbocycles. The van der Waals surface area contributed by atoms with Gasteiger partial charge in [-0.25, -0.2) is 4.98 Å². The van der Waals surface area contributed by atoms with Crippen LogP contribution in [-0.4, -0.2) is 37.2 Å². The Balaban J connectivity index is 2.13. The molecule has 5 heteroatoms. The Labute approximate surface area is 126 Å². The fourth-order valence-electron chi connectivity index (χ4n) is 2.20. The van der Waals surface area contributed by atoms with Gasteiger partial charge in [0.25, 0.3) is 0 Å². The van der Waals surface area contributed by atoms with E-state index in [1.54, 1.807) is 19.5 Å². The van der Waals surface area contributed by atoms with Crippen LogP contribution in [0.3, 0.4) is 0 Å². The predicted octanol–water partition coefficient (Wildman–Crippen LogP) is 2.59. The van der Waals surface area contributed by atoms with Gasteiger partial charge in [-0.05, 0) is 25.0 Å². The van der Waals surface area contributed by atoms with Crippen molar-refractivity contribution >= 4 is 11.6 Å². The lowest BCUT2D eigenvalue weighted by molar-refractivity contribution is 0.408. The molecule has 0 aliphatic carbocycles. The summed E-state index contributed by atoms with van der Waals surface area (Å²) in [4.78, 5) is 10.9. The quantitative estimate of drug-likeness (QED) is 0.884. The maximum Gasteiger partial charge on any atom is 0.149 e. The van der Waals surface area contributed by atoms with Crippen LogP contribution >= 0.6 is 0 Å². The van der Waals surface area contributed by atoms with Crippen molar-refractivity contribution in [1.29, 1.82) is 0 Å². The van der Waals surface area contributed by atoms with Crippen LogP contribution in [0.4, 0.5) is 11.6 Å². The summed E-state index contributed by atoms with van der Waals surface area (Å²) in [6, 6.07) is 8.38. The van der Waals surface area contributed by atoms with E-state index in [0.29, 0.717) is 0 Å². The van der Waals surface area contributed by atoms with Gasteiger partial charge in [-0.2, -0.15) is 0 Å². The van der Waals surface area contributed by atoms with Crippen molar-refractivity contribution in [3.63, 3.8) is 0 Å². The molecule has 0 spiro atoms. The van der Waals surface area contributed by atoms with E-state index in [1.807, 2.05) is 32.3 Å². The van der Waals surface area contributed by atoms with Crippen LogP contribution in [0.1, 0.15) is 12.5 Å². The van der Waals surface area contributed by atoms with Gasteiger partial charge in [0, 0.05) is 20.1 Å². The molecule has 0 radical (unpaired) electrons. The minimum atomic E-state index is 0.280. The Morgan fingerprint density at radius 1 is 1.29 bits per heavy atom. The van der Waals surface area contributed by atoms with Crippen LogP contribution in [-0.2, 0) is 6.42 Å². The number of hydrogen-bond acceptors (Lipinski definition) is 5. The van der Waals surface area contributed by atoms with E-state index >= 15 is 0 Å². The lowest BCUT2D eigenvalue weighted by atomic mass is 10.1. The van der Waals surface area contributed by atoms with Gasteiger partial charge < -0.3 is 15.0 Å². The third-order valence-electron chi connectivity index (χ3n) is 3.61. The van der Waals surface area contributed by atoms with E-state index in [4.69, 9.17) is 4.74 Å². The Morgan fingerprint density at radius 2 is 2.05 bits per heavy atom. The van der Waals surface area contributed by atoms with E-state index in [2.05, 4.69) is 33.2 Å². The van der Waals surface area contributed by atoms with Crippen molar-refractivity contribution in [3.8, 4) is 5.75 Å². The van der Waals surface area contributed by atoms with Gasteiger partial charge in [0.15, 0.2) is 0 Å². The summed E-state index contributed by atoms with van der Waals surface area (Å²) in [5.41, 5.74) is 1.19. The van der Waals surface area contributed by atoms with Gasteiger partial charge in [-0.1, -0.05) is 18.2 Å². The van der Waals surface area contributed by atoms with Crippen molar-refractivity contribution in [2.45, 2.75) is 19.4 Å². The molecule has 0 fully saturated rings. The molecule has 0 saturated carbocycles. The van der Waals surface area contributed by atoms with E-state index in [0.717, 1.165) is 23.8 Å². The van der Waals surface area contributed by atoms with Crippen molar-refractivity contribution in [2.75, 3.05) is 31.4 Å². The number of nitrogens with zero attached hydrogens (tertiary/aromatic N) is 3. The van der Waals surface area contributed by atoms with Gasteiger partial charge in [0.05, 0.1) is 19.5 Å². The number of hydrogen-bond donors (Lipinski definition) is 1. The summed E-state index contributed by atoms with van der Waals surface area (Å²) in [7, 11) is 5.57. The number of anilines is 2. The summed E-state index contributed by atoms with van der Waals surface area (Å²) in [6.07, 6.45) is 4.37. The number of methoxy groups -OCH3 is 1. The first-order chi connectivity index (χ1) is 10.2. The number of para-hydroxylation sites is 1. The summed E-state index contributed by atoms with van der Waals surface area (Å²) in [5.74, 6) is 2.54. The molecule has 0 amide bonds. The minimum absolute atomic E-state index is 0.280. The van der Waals surface area contributed by atoms with Gasteiger partial charge in [-0.15, -0.1) is 0 Å². The summed E-state index contributed by atoms with van der Waals surface area (Å²) >= 11 is 0. The van der Waals surface area contributed by atoms with Crippen molar-refractivity contribution < 1.29 is 4.74 Å². The second kappa shape index (κ2) is 6.92. The SMILES string of the molecule is CNc1cncc(N(C)C(C)Cc2ccccc2OC)n1. The highest BCUT2D eigenvalue weighted by molar-refractivity contribution is 5.44. The van der Waals surface area contributed by atoms with Crippen molar-refractivity contribution in [3.05, 3.63) is 42.2 Å². The van der Waals surface area contributed by atoms with Crippen LogP contribution in [0.25, 0.3) is 0 Å². The van der Waals surface area contributed by atoms with Crippen LogP contribution < -0.4 is 15.0 Å². The van der Waals surface area contributed by atoms with Crippen LogP contribution in [0.5, 0.6) is 5.75 Å². The number of likely N-dealkylation sites (N-methyl/N-ethyl adjacent to an activating group) is 1. The first-order valence-corrected chi connectivity index (χ1v) is 7.00. The Hall–Kier alpha value is -2.30. The van der Waals surface area contributed by atoms with Crippen molar-refractivity contribution in [1.82, 2.24) is 9.97 Å². The highest BCUT2D eigenvalue weighted by Gasteiger charge is 2.14. The molecule has 1 heterocycles. The number of rotatable bonds is 6. The summed E-state index contributed by atoms with van der Waals surface area (Å²) < 4.78 is 5.41. The molecular weight excluding hydrogens is 264 g/mol. The molecule has 0 bridgehead atoms. The monoisotopic (exact) mass is 286 g/mol. The molecule has 2 rings (SSSR count). The number of nitrogens with one attached hydrogen (secondary N) is 1. The first-order valence-electron chi connectivity index (χ1n) is 7.00. The van der Waals surface area contributed by atoms with E-state index in [-0.39, 0.29) is 6.04 Å². The van der Waals surface area contributed by atoms with Gasteiger partial charge in [0.1, 0.15) is 17.4 Å². The van der Waals surface area contributed by atoms with Crippen molar-refractivity contribution in [2.24, 2.45) is 0 Å². The zero-order chi connectivity index (χ0) is 15.2. The van der Waals surface area contributed by atoms with Gasteiger partial charge in [0.2, 0.25) is 0 Å². The maximum atomic E-state index is 5.41. The van der Waals surface area contributed by atoms with Crippen LogP contribution in [0, 0.1) is 0 Å². The Morgan fingerprint density at radius 3 is 2.76 bits per heavy atom. The molecule has 5 nitrogen and oxygen atoms in total. The lowest BCUT2D eigenvalue weighted by Gasteiger charge is -2.26. The highest BCUT2D eigenvalue weighted by Crippen LogP contribution is 2.22. The second-order valence-corrected chi connectivity index (χ2v) is 4.99. The predicted molar refractivity (Wildman–Crippen MR) is 86.1 cm³/mol. The number of benzene rings is 1. The third kappa shape index (κ3) is 3.62. The van der Waals surface area contributed by atoms with E-state index in [9.17, 15) is 0 Å². The topological polar surface area (TPSA) is 50.3 Å². The fourth-order valence-corrected chi connectivity index (χ4v) is 2.20. The van der Waals surface area contributed by atoms with E-state index in [1.165, 1.54) is 5.56 Å². The van der Waals surface area contributed by atoms with Gasteiger partial charge in [-0.3, -0.25) is 4.98 Å². The van der Waals surface area contributed by atoms with E-state index < -0.39 is 0 Å². The summed E-state index contributed by atoms with van der Waals surface area (Å²) in [6.45, 7) is 2.17. The van der Waals surface area contributed by atoms with Crippen LogP contribution in [0.2, 0.25) is 0 Å². The molecule has 1 atom stereocenters. The molecule has 112 valence electrons. The average molecular weight is 286 g/mol. The second-order valence-electron chi connectivity index (χ2n) is 4.99. The molecule has 2 aromatic rings. The number of aromatic nitrogens is 2. The molecule has 0 aliphatic heterocycles. The maximum absolute atomic E-state index is 5.41. The fraction of sp³-hybridized carbons (Fsp3) is 0.375. The molecule has 0 saturated heterocycles. The van der Waals surface area contributed by atoms with Crippen LogP contribution in [0.15, 0.2) is 36.7 Å². The standard InChI is InChI=1S/C16H22N4O/c1-12(9-13-7-5-6-8-14(13)21-4)20(3)16-11-18-10-15(17-2)19-16/h5-8,10-12H,9H2,1-4H3,(H,17,19). The smallest absolute Gasteiger partial charge is 0.149 e. The lowest BCUT2D eigenvalue weighted by Crippen LogP contribution is -2.31. The first kappa shape index (κ1) is 15.1. The number of ether oxygens (including phenoxy) is 1. The average Bonchev–Trinajstić information content (AvgIpc) is 2.54. The molecule has 21 heavy (non-hydrogen) atoms. The minimum Gasteiger partial charge on any atom is -0.496 e. The largest absolute Gasteiger partial charge is 0.496 e.